The standard InChI is InChI=1S/C54H35NO/c1-2-13-36(14-3-1)38-27-29-42(30-28-38)55(43-31-32-48-47-21-10-11-24-52(47)56-53(48)35-43)51-23-12-22-49(54(51)41-26-25-37-15-4-5-16-39(37)33-41)50-34-40-17-6-7-18-44(40)45-19-8-9-20-46(45)50/h1-35H. The minimum Gasteiger partial charge on any atom is -0.456 e. The molecule has 262 valence electrons. The Labute approximate surface area is 325 Å². The molecule has 0 spiro atoms. The maximum Gasteiger partial charge on any atom is 0.137 e. The van der Waals surface area contributed by atoms with Gasteiger partial charge in [0.25, 0.3) is 0 Å². The molecule has 0 fully saturated rings. The van der Waals surface area contributed by atoms with E-state index in [4.69, 9.17) is 4.42 Å². The average Bonchev–Trinajstić information content (AvgIpc) is 3.64. The fourth-order valence-electron chi connectivity index (χ4n) is 8.59. The quantitative estimate of drug-likeness (QED) is 0.160. The Morgan fingerprint density at radius 1 is 0.304 bits per heavy atom. The second-order valence-electron chi connectivity index (χ2n) is 14.5. The average molecular weight is 714 g/mol. The second-order valence-corrected chi connectivity index (χ2v) is 14.5. The van der Waals surface area contributed by atoms with Crippen LogP contribution in [0.25, 0.3) is 87.6 Å². The molecular weight excluding hydrogens is 679 g/mol. The molecule has 1 heterocycles. The van der Waals surface area contributed by atoms with Gasteiger partial charge in [0, 0.05) is 33.8 Å². The first-order chi connectivity index (χ1) is 27.8. The van der Waals surface area contributed by atoms with Crippen molar-refractivity contribution < 1.29 is 4.42 Å². The molecular formula is C54H35NO. The number of furan rings is 1. The molecule has 2 heteroatoms. The minimum atomic E-state index is 0.860. The molecule has 0 aliphatic heterocycles. The van der Waals surface area contributed by atoms with Gasteiger partial charge < -0.3 is 9.32 Å². The number of hydrogen-bond donors (Lipinski definition) is 0. The summed E-state index contributed by atoms with van der Waals surface area (Å²) in [6.07, 6.45) is 0. The van der Waals surface area contributed by atoms with E-state index in [2.05, 4.69) is 205 Å². The highest BCUT2D eigenvalue weighted by molar-refractivity contribution is 6.16. The number of rotatable bonds is 6. The van der Waals surface area contributed by atoms with Gasteiger partial charge in [-0.05, 0) is 109 Å². The highest BCUT2D eigenvalue weighted by Crippen LogP contribution is 2.49. The predicted octanol–water partition coefficient (Wildman–Crippen LogP) is 15.5. The summed E-state index contributed by atoms with van der Waals surface area (Å²) in [7, 11) is 0. The second kappa shape index (κ2) is 13.2. The number of hydrogen-bond acceptors (Lipinski definition) is 2. The van der Waals surface area contributed by atoms with Crippen molar-refractivity contribution in [1.82, 2.24) is 0 Å². The fourth-order valence-corrected chi connectivity index (χ4v) is 8.59. The van der Waals surface area contributed by atoms with Crippen LogP contribution < -0.4 is 4.90 Å². The van der Waals surface area contributed by atoms with E-state index in [-0.39, 0.29) is 0 Å². The molecule has 10 aromatic carbocycles. The summed E-state index contributed by atoms with van der Waals surface area (Å²) in [5.74, 6) is 0. The van der Waals surface area contributed by atoms with Crippen molar-refractivity contribution in [3.8, 4) is 33.4 Å². The molecule has 0 saturated carbocycles. The smallest absolute Gasteiger partial charge is 0.137 e. The molecule has 0 N–H and O–H groups in total. The van der Waals surface area contributed by atoms with Gasteiger partial charge in [-0.3, -0.25) is 0 Å². The molecule has 0 unspecified atom stereocenters. The van der Waals surface area contributed by atoms with E-state index < -0.39 is 0 Å². The molecule has 0 saturated heterocycles. The molecule has 0 aliphatic rings. The lowest BCUT2D eigenvalue weighted by Crippen LogP contribution is -2.12. The summed E-state index contributed by atoms with van der Waals surface area (Å²) < 4.78 is 6.51. The predicted molar refractivity (Wildman–Crippen MR) is 237 cm³/mol. The summed E-state index contributed by atoms with van der Waals surface area (Å²) in [6.45, 7) is 0. The van der Waals surface area contributed by atoms with Gasteiger partial charge in [0.1, 0.15) is 11.2 Å². The largest absolute Gasteiger partial charge is 0.456 e. The van der Waals surface area contributed by atoms with Crippen LogP contribution in [0.2, 0.25) is 0 Å². The summed E-state index contributed by atoms with van der Waals surface area (Å²) in [5.41, 5.74) is 12.0. The fraction of sp³-hybridized carbons (Fsp3) is 0. The van der Waals surface area contributed by atoms with Crippen LogP contribution in [0.5, 0.6) is 0 Å². The zero-order chi connectivity index (χ0) is 37.0. The maximum absolute atomic E-state index is 6.51. The molecule has 0 amide bonds. The van der Waals surface area contributed by atoms with Crippen LogP contribution >= 0.6 is 0 Å². The molecule has 56 heavy (non-hydrogen) atoms. The van der Waals surface area contributed by atoms with E-state index in [1.807, 2.05) is 12.1 Å². The molecule has 1 aromatic heterocycles. The van der Waals surface area contributed by atoms with E-state index >= 15 is 0 Å². The Balaban J connectivity index is 1.21. The van der Waals surface area contributed by atoms with Gasteiger partial charge in [0.05, 0.1) is 5.69 Å². The molecule has 11 rings (SSSR count). The number of anilines is 3. The van der Waals surface area contributed by atoms with Gasteiger partial charge in [-0.15, -0.1) is 0 Å². The molecule has 0 aliphatic carbocycles. The normalized spacial score (nSPS) is 11.6. The third-order valence-electron chi connectivity index (χ3n) is 11.2. The van der Waals surface area contributed by atoms with E-state index in [1.165, 1.54) is 54.6 Å². The van der Waals surface area contributed by atoms with Gasteiger partial charge >= 0.3 is 0 Å². The lowest BCUT2D eigenvalue weighted by molar-refractivity contribution is 0.669. The topological polar surface area (TPSA) is 16.4 Å². The van der Waals surface area contributed by atoms with Crippen molar-refractivity contribution in [1.29, 1.82) is 0 Å². The zero-order valence-electron chi connectivity index (χ0n) is 30.6. The summed E-state index contributed by atoms with van der Waals surface area (Å²) in [5, 5.41) is 9.61. The summed E-state index contributed by atoms with van der Waals surface area (Å²) >= 11 is 0. The Morgan fingerprint density at radius 3 is 1.77 bits per heavy atom. The monoisotopic (exact) mass is 713 g/mol. The van der Waals surface area contributed by atoms with Crippen molar-refractivity contribution in [2.45, 2.75) is 0 Å². The van der Waals surface area contributed by atoms with Crippen LogP contribution in [-0.2, 0) is 0 Å². The number of fused-ring (bicyclic) bond motifs is 7. The van der Waals surface area contributed by atoms with Crippen molar-refractivity contribution in [2.24, 2.45) is 0 Å². The van der Waals surface area contributed by atoms with Crippen molar-refractivity contribution in [3.63, 3.8) is 0 Å². The maximum atomic E-state index is 6.51. The molecule has 11 aromatic rings. The highest BCUT2D eigenvalue weighted by Gasteiger charge is 2.23. The first kappa shape index (κ1) is 32.0. The van der Waals surface area contributed by atoms with Crippen LogP contribution in [0.3, 0.4) is 0 Å². The van der Waals surface area contributed by atoms with Crippen LogP contribution in [0, 0.1) is 0 Å². The van der Waals surface area contributed by atoms with Crippen LogP contribution in [-0.4, -0.2) is 0 Å². The van der Waals surface area contributed by atoms with Gasteiger partial charge in [0.15, 0.2) is 0 Å². The Kier molecular flexibility index (Phi) is 7.53. The number of nitrogens with zero attached hydrogens (tertiary/aromatic N) is 1. The van der Waals surface area contributed by atoms with E-state index in [9.17, 15) is 0 Å². The van der Waals surface area contributed by atoms with Crippen LogP contribution in [0.15, 0.2) is 217 Å². The lowest BCUT2D eigenvalue weighted by Gasteiger charge is -2.29. The van der Waals surface area contributed by atoms with Gasteiger partial charge in [-0.25, -0.2) is 0 Å². The lowest BCUT2D eigenvalue weighted by atomic mass is 9.87. The molecule has 2 nitrogen and oxygen atoms in total. The van der Waals surface area contributed by atoms with Crippen molar-refractivity contribution >= 4 is 71.3 Å². The third kappa shape index (κ3) is 5.34. The van der Waals surface area contributed by atoms with Crippen LogP contribution in [0.1, 0.15) is 0 Å². The highest BCUT2D eigenvalue weighted by atomic mass is 16.3. The van der Waals surface area contributed by atoms with Gasteiger partial charge in [0.2, 0.25) is 0 Å². The molecule has 0 radical (unpaired) electrons. The number of para-hydroxylation sites is 1. The van der Waals surface area contributed by atoms with Crippen molar-refractivity contribution in [3.05, 3.63) is 212 Å². The minimum absolute atomic E-state index is 0.860. The number of benzene rings is 10. The Hall–Kier alpha value is -7.42. The first-order valence-corrected chi connectivity index (χ1v) is 19.2. The summed E-state index contributed by atoms with van der Waals surface area (Å²) in [6, 6.07) is 76.7. The Morgan fingerprint density at radius 2 is 0.929 bits per heavy atom. The van der Waals surface area contributed by atoms with E-state index in [0.717, 1.165) is 50.1 Å². The molecule has 0 atom stereocenters. The molecule has 0 bridgehead atoms. The zero-order valence-corrected chi connectivity index (χ0v) is 30.6. The Bertz CT molecular complexity index is 3250. The SMILES string of the molecule is c1ccc(-c2ccc(N(c3ccc4c(c3)oc3ccccc34)c3cccc(-c4cc5ccccc5c5ccccc45)c3-c3ccc4ccccc4c3)cc2)cc1. The first-order valence-electron chi connectivity index (χ1n) is 19.2. The van der Waals surface area contributed by atoms with Gasteiger partial charge in [-0.2, -0.15) is 0 Å². The van der Waals surface area contributed by atoms with Crippen LogP contribution in [0.4, 0.5) is 17.1 Å². The third-order valence-corrected chi connectivity index (χ3v) is 11.2. The van der Waals surface area contributed by atoms with Crippen molar-refractivity contribution in [2.75, 3.05) is 4.90 Å². The van der Waals surface area contributed by atoms with E-state index in [0.29, 0.717) is 0 Å². The summed E-state index contributed by atoms with van der Waals surface area (Å²) in [4.78, 5) is 2.40. The van der Waals surface area contributed by atoms with Gasteiger partial charge in [-0.1, -0.05) is 158 Å². The van der Waals surface area contributed by atoms with E-state index in [1.54, 1.807) is 0 Å².